The van der Waals surface area contributed by atoms with E-state index in [2.05, 4.69) is 25.8 Å². The van der Waals surface area contributed by atoms with E-state index < -0.39 is 0 Å². The third-order valence-corrected chi connectivity index (χ3v) is 7.08. The molecule has 0 spiro atoms. The van der Waals surface area contributed by atoms with E-state index in [4.69, 9.17) is 28.2 Å². The lowest BCUT2D eigenvalue weighted by molar-refractivity contribution is 0.215. The Labute approximate surface area is 178 Å². The van der Waals surface area contributed by atoms with E-state index >= 15 is 0 Å². The highest BCUT2D eigenvalue weighted by Gasteiger charge is 2.26. The van der Waals surface area contributed by atoms with E-state index in [0.29, 0.717) is 15.4 Å². The highest BCUT2D eigenvalue weighted by molar-refractivity contribution is 7.17. The van der Waals surface area contributed by atoms with Crippen molar-refractivity contribution in [3.8, 4) is 11.1 Å². The Hall–Kier alpha value is -1.40. The SMILES string of the molecule is CC(C)c1nc2scc(-c3ccc(Cl)c(Cl)c3)c2c(=O)n1C1CCN(C)CC1. The molecule has 0 radical (unpaired) electrons. The molecule has 148 valence electrons. The fourth-order valence-corrected chi connectivity index (χ4v) is 5.15. The molecule has 1 aromatic carbocycles. The van der Waals surface area contributed by atoms with Crippen LogP contribution in [0.4, 0.5) is 0 Å². The maximum absolute atomic E-state index is 13.7. The van der Waals surface area contributed by atoms with Crippen molar-refractivity contribution >= 4 is 44.8 Å². The van der Waals surface area contributed by atoms with Crippen LogP contribution in [0.25, 0.3) is 21.3 Å². The Kier molecular flexibility index (Phi) is 5.53. The lowest BCUT2D eigenvalue weighted by Gasteiger charge is -2.32. The van der Waals surface area contributed by atoms with Crippen molar-refractivity contribution < 1.29 is 0 Å². The van der Waals surface area contributed by atoms with Gasteiger partial charge in [0.05, 0.1) is 15.4 Å². The molecule has 7 heteroatoms. The van der Waals surface area contributed by atoms with Gasteiger partial charge in [0.25, 0.3) is 5.56 Å². The minimum absolute atomic E-state index is 0.0607. The lowest BCUT2D eigenvalue weighted by Crippen LogP contribution is -2.37. The maximum atomic E-state index is 13.7. The highest BCUT2D eigenvalue weighted by Crippen LogP contribution is 2.36. The quantitative estimate of drug-likeness (QED) is 0.519. The van der Waals surface area contributed by atoms with Crippen molar-refractivity contribution in [2.45, 2.75) is 38.6 Å². The predicted molar refractivity (Wildman–Crippen MR) is 119 cm³/mol. The lowest BCUT2D eigenvalue weighted by atomic mass is 10.0. The number of piperidine rings is 1. The molecule has 0 bridgehead atoms. The predicted octanol–water partition coefficient (Wildman–Crippen LogP) is 5.82. The van der Waals surface area contributed by atoms with Crippen molar-refractivity contribution in [3.63, 3.8) is 0 Å². The van der Waals surface area contributed by atoms with E-state index in [1.807, 2.05) is 22.1 Å². The van der Waals surface area contributed by atoms with Gasteiger partial charge in [-0.15, -0.1) is 11.3 Å². The second-order valence-corrected chi connectivity index (χ2v) is 9.47. The molecule has 4 rings (SSSR count). The van der Waals surface area contributed by atoms with Crippen molar-refractivity contribution in [3.05, 3.63) is 49.8 Å². The minimum Gasteiger partial charge on any atom is -0.306 e. The van der Waals surface area contributed by atoms with Crippen LogP contribution < -0.4 is 5.56 Å². The van der Waals surface area contributed by atoms with E-state index in [9.17, 15) is 4.79 Å². The zero-order valence-electron chi connectivity index (χ0n) is 16.2. The molecular weight excluding hydrogens is 413 g/mol. The van der Waals surface area contributed by atoms with Gasteiger partial charge in [-0.25, -0.2) is 4.98 Å². The topological polar surface area (TPSA) is 38.1 Å². The molecule has 4 nitrogen and oxygen atoms in total. The zero-order chi connectivity index (χ0) is 20.0. The fraction of sp³-hybridized carbons (Fsp3) is 0.429. The van der Waals surface area contributed by atoms with E-state index in [0.717, 1.165) is 47.7 Å². The van der Waals surface area contributed by atoms with Gasteiger partial charge in [0.1, 0.15) is 10.7 Å². The van der Waals surface area contributed by atoms with Crippen molar-refractivity contribution in [1.29, 1.82) is 0 Å². The van der Waals surface area contributed by atoms with Crippen LogP contribution in [0.15, 0.2) is 28.4 Å². The first-order valence-electron chi connectivity index (χ1n) is 9.54. The number of likely N-dealkylation sites (tertiary alicyclic amines) is 1. The monoisotopic (exact) mass is 435 g/mol. The van der Waals surface area contributed by atoms with Crippen LogP contribution in [0, 0.1) is 0 Å². The van der Waals surface area contributed by atoms with Crippen LogP contribution in [-0.2, 0) is 0 Å². The number of benzene rings is 1. The second kappa shape index (κ2) is 7.79. The highest BCUT2D eigenvalue weighted by atomic mass is 35.5. The molecule has 3 heterocycles. The van der Waals surface area contributed by atoms with Gasteiger partial charge in [0, 0.05) is 22.9 Å². The number of hydrogen-bond donors (Lipinski definition) is 0. The summed E-state index contributed by atoms with van der Waals surface area (Å²) >= 11 is 13.8. The molecule has 28 heavy (non-hydrogen) atoms. The molecule has 3 aromatic rings. The summed E-state index contributed by atoms with van der Waals surface area (Å²) in [5.41, 5.74) is 1.84. The summed E-state index contributed by atoms with van der Waals surface area (Å²) in [5, 5.41) is 3.68. The van der Waals surface area contributed by atoms with Gasteiger partial charge < -0.3 is 4.90 Å². The molecule has 2 aromatic heterocycles. The number of nitrogens with zero attached hydrogens (tertiary/aromatic N) is 3. The third-order valence-electron chi connectivity index (χ3n) is 5.47. The summed E-state index contributed by atoms with van der Waals surface area (Å²) in [4.78, 5) is 21.7. The number of halogens is 2. The largest absolute Gasteiger partial charge is 0.306 e. The maximum Gasteiger partial charge on any atom is 0.263 e. The number of aromatic nitrogens is 2. The zero-order valence-corrected chi connectivity index (χ0v) is 18.5. The normalized spacial score (nSPS) is 16.4. The Morgan fingerprint density at radius 3 is 2.54 bits per heavy atom. The van der Waals surface area contributed by atoms with Gasteiger partial charge in [0.2, 0.25) is 0 Å². The van der Waals surface area contributed by atoms with E-state index in [1.54, 1.807) is 6.07 Å². The Morgan fingerprint density at radius 2 is 1.89 bits per heavy atom. The minimum atomic E-state index is 0.0607. The Balaban J connectivity index is 1.93. The van der Waals surface area contributed by atoms with Gasteiger partial charge >= 0.3 is 0 Å². The summed E-state index contributed by atoms with van der Waals surface area (Å²) in [6, 6.07) is 5.69. The molecule has 0 aliphatic carbocycles. The first-order chi connectivity index (χ1) is 13.4. The first-order valence-corrected chi connectivity index (χ1v) is 11.2. The average Bonchev–Trinajstić information content (AvgIpc) is 3.09. The van der Waals surface area contributed by atoms with Crippen LogP contribution in [0.5, 0.6) is 0 Å². The van der Waals surface area contributed by atoms with Gasteiger partial charge in [0.15, 0.2) is 0 Å². The van der Waals surface area contributed by atoms with Gasteiger partial charge in [-0.05, 0) is 50.7 Å². The number of hydrogen-bond acceptors (Lipinski definition) is 4. The van der Waals surface area contributed by atoms with Crippen LogP contribution >= 0.6 is 34.5 Å². The van der Waals surface area contributed by atoms with Gasteiger partial charge in [-0.2, -0.15) is 0 Å². The summed E-state index contributed by atoms with van der Waals surface area (Å²) < 4.78 is 1.97. The van der Waals surface area contributed by atoms with E-state index in [1.165, 1.54) is 11.3 Å². The number of fused-ring (bicyclic) bond motifs is 1. The molecule has 0 saturated carbocycles. The van der Waals surface area contributed by atoms with Crippen molar-refractivity contribution in [2.24, 2.45) is 0 Å². The van der Waals surface area contributed by atoms with Crippen molar-refractivity contribution in [2.75, 3.05) is 20.1 Å². The molecule has 1 fully saturated rings. The third kappa shape index (κ3) is 3.50. The van der Waals surface area contributed by atoms with Gasteiger partial charge in [-0.1, -0.05) is 43.1 Å². The fourth-order valence-electron chi connectivity index (χ4n) is 3.91. The van der Waals surface area contributed by atoms with E-state index in [-0.39, 0.29) is 17.5 Å². The second-order valence-electron chi connectivity index (χ2n) is 7.79. The Bertz CT molecular complexity index is 1080. The standard InChI is InChI=1S/C21H23Cl2N3OS/c1-12(2)19-24-20-18(21(27)26(19)14-6-8-25(3)9-7-14)15(11-28-20)13-4-5-16(22)17(23)10-13/h4-5,10-12,14H,6-9H2,1-3H3. The molecule has 0 N–H and O–H groups in total. The molecule has 1 aliphatic rings. The molecular formula is C21H23Cl2N3OS. The van der Waals surface area contributed by atoms with Crippen LogP contribution in [-0.4, -0.2) is 34.6 Å². The summed E-state index contributed by atoms with van der Waals surface area (Å²) in [6.07, 6.45) is 1.94. The summed E-state index contributed by atoms with van der Waals surface area (Å²) in [5.74, 6) is 1.07. The smallest absolute Gasteiger partial charge is 0.263 e. The van der Waals surface area contributed by atoms with Crippen LogP contribution in [0.3, 0.4) is 0 Å². The Morgan fingerprint density at radius 1 is 1.18 bits per heavy atom. The summed E-state index contributed by atoms with van der Waals surface area (Å²) in [6.45, 7) is 6.20. The number of thiophene rings is 1. The molecule has 0 atom stereocenters. The van der Waals surface area contributed by atoms with Crippen molar-refractivity contribution in [1.82, 2.24) is 14.5 Å². The van der Waals surface area contributed by atoms with Crippen LogP contribution in [0.2, 0.25) is 10.0 Å². The molecule has 0 unspecified atom stereocenters. The van der Waals surface area contributed by atoms with Crippen LogP contribution in [0.1, 0.15) is 44.5 Å². The molecule has 1 saturated heterocycles. The summed E-state index contributed by atoms with van der Waals surface area (Å²) in [7, 11) is 2.13. The first kappa shape index (κ1) is 19.9. The molecule has 0 amide bonds. The molecule has 1 aliphatic heterocycles. The number of rotatable bonds is 3. The average molecular weight is 436 g/mol. The van der Waals surface area contributed by atoms with Gasteiger partial charge in [-0.3, -0.25) is 9.36 Å².